The van der Waals surface area contributed by atoms with Gasteiger partial charge in [-0.15, -0.1) is 0 Å². The summed E-state index contributed by atoms with van der Waals surface area (Å²) in [5.74, 6) is 0.809. The number of amides is 1. The monoisotopic (exact) mass is 356 g/mol. The van der Waals surface area contributed by atoms with E-state index >= 15 is 0 Å². The van der Waals surface area contributed by atoms with Crippen molar-refractivity contribution < 1.29 is 9.72 Å². The minimum absolute atomic E-state index is 0.0182. The minimum Gasteiger partial charge on any atom is -0.356 e. The van der Waals surface area contributed by atoms with E-state index in [9.17, 15) is 14.9 Å². The lowest BCUT2D eigenvalue weighted by Crippen LogP contribution is -2.38. The van der Waals surface area contributed by atoms with Crippen LogP contribution in [0.3, 0.4) is 0 Å². The van der Waals surface area contributed by atoms with Gasteiger partial charge in [-0.2, -0.15) is 0 Å². The number of aromatic nitrogens is 1. The van der Waals surface area contributed by atoms with E-state index < -0.39 is 4.92 Å². The maximum Gasteiger partial charge on any atom is 0.312 e. The molecule has 0 aromatic carbocycles. The number of halogens is 1. The maximum absolute atomic E-state index is 11.1. The summed E-state index contributed by atoms with van der Waals surface area (Å²) < 4.78 is 0.596. The molecule has 1 aromatic heterocycles. The molecule has 0 radical (unpaired) electrons. The molecule has 0 saturated carbocycles. The van der Waals surface area contributed by atoms with Gasteiger partial charge in [-0.25, -0.2) is 4.98 Å². The first-order chi connectivity index (χ1) is 9.97. The summed E-state index contributed by atoms with van der Waals surface area (Å²) in [6.07, 6.45) is 3.34. The highest BCUT2D eigenvalue weighted by molar-refractivity contribution is 9.10. The largest absolute Gasteiger partial charge is 0.356 e. The lowest BCUT2D eigenvalue weighted by atomic mass is 9.96. The molecule has 1 aliphatic heterocycles. The zero-order chi connectivity index (χ0) is 15.4. The van der Waals surface area contributed by atoms with Crippen LogP contribution in [0.5, 0.6) is 0 Å². The number of piperidine rings is 1. The van der Waals surface area contributed by atoms with E-state index in [-0.39, 0.29) is 11.6 Å². The van der Waals surface area contributed by atoms with Gasteiger partial charge in [0.2, 0.25) is 11.7 Å². The standard InChI is InChI=1S/C13H17BrN4O3/c1-9(19)15-7-10-2-4-17(5-3-10)13-12(18(20)21)6-11(14)8-16-13/h6,8,10H,2-5,7H2,1H3,(H,15,19). The molecule has 114 valence electrons. The van der Waals surface area contributed by atoms with E-state index in [1.807, 2.05) is 4.90 Å². The van der Waals surface area contributed by atoms with Gasteiger partial charge in [0.05, 0.1) is 4.92 Å². The number of hydrogen-bond acceptors (Lipinski definition) is 5. The normalized spacial score (nSPS) is 15.8. The van der Waals surface area contributed by atoms with Crippen molar-refractivity contribution in [2.24, 2.45) is 5.92 Å². The smallest absolute Gasteiger partial charge is 0.312 e. The Hall–Kier alpha value is -1.70. The van der Waals surface area contributed by atoms with Crippen LogP contribution < -0.4 is 10.2 Å². The van der Waals surface area contributed by atoms with Crippen molar-refractivity contribution in [3.05, 3.63) is 26.9 Å². The summed E-state index contributed by atoms with van der Waals surface area (Å²) in [5, 5.41) is 13.9. The van der Waals surface area contributed by atoms with Crippen LogP contribution in [0.4, 0.5) is 11.5 Å². The van der Waals surface area contributed by atoms with Crippen molar-refractivity contribution >= 4 is 33.3 Å². The van der Waals surface area contributed by atoms with E-state index in [4.69, 9.17) is 0 Å². The molecule has 1 N–H and O–H groups in total. The van der Waals surface area contributed by atoms with E-state index in [1.54, 1.807) is 6.20 Å². The van der Waals surface area contributed by atoms with Crippen LogP contribution >= 0.6 is 15.9 Å². The summed E-state index contributed by atoms with van der Waals surface area (Å²) in [5.41, 5.74) is 0.0182. The minimum atomic E-state index is -0.406. The number of nitrogens with zero attached hydrogens (tertiary/aromatic N) is 3. The highest BCUT2D eigenvalue weighted by Crippen LogP contribution is 2.31. The molecule has 0 atom stereocenters. The van der Waals surface area contributed by atoms with Crippen LogP contribution in [0, 0.1) is 16.0 Å². The second-order valence-electron chi connectivity index (χ2n) is 5.12. The van der Waals surface area contributed by atoms with Crippen molar-refractivity contribution in [1.29, 1.82) is 0 Å². The summed E-state index contributed by atoms with van der Waals surface area (Å²) in [4.78, 5) is 27.8. The quantitative estimate of drug-likeness (QED) is 0.659. The van der Waals surface area contributed by atoms with Gasteiger partial charge in [0.15, 0.2) is 0 Å². The molecule has 0 unspecified atom stereocenters. The average molecular weight is 357 g/mol. The average Bonchev–Trinajstić information content (AvgIpc) is 2.45. The van der Waals surface area contributed by atoms with E-state index in [2.05, 4.69) is 26.2 Å². The summed E-state index contributed by atoms with van der Waals surface area (Å²) in [6, 6.07) is 1.48. The zero-order valence-corrected chi connectivity index (χ0v) is 13.3. The van der Waals surface area contributed by atoms with Gasteiger partial charge in [-0.1, -0.05) is 0 Å². The molecule has 1 saturated heterocycles. The molecule has 0 bridgehead atoms. The predicted octanol–water partition coefficient (Wildman–Crippen LogP) is 2.10. The van der Waals surface area contributed by atoms with Gasteiger partial charge in [0.25, 0.3) is 0 Å². The first kappa shape index (κ1) is 15.7. The van der Waals surface area contributed by atoms with E-state index in [0.717, 1.165) is 12.8 Å². The first-order valence-electron chi connectivity index (χ1n) is 6.76. The zero-order valence-electron chi connectivity index (χ0n) is 11.7. The number of rotatable bonds is 4. The Morgan fingerprint density at radius 3 is 2.81 bits per heavy atom. The Kier molecular flexibility index (Phi) is 5.11. The van der Waals surface area contributed by atoms with Crippen LogP contribution in [0.25, 0.3) is 0 Å². The molecule has 2 rings (SSSR count). The first-order valence-corrected chi connectivity index (χ1v) is 7.56. The second-order valence-corrected chi connectivity index (χ2v) is 6.04. The van der Waals surface area contributed by atoms with Crippen LogP contribution in [0.1, 0.15) is 19.8 Å². The van der Waals surface area contributed by atoms with Gasteiger partial charge in [-0.05, 0) is 34.7 Å². The van der Waals surface area contributed by atoms with Gasteiger partial charge in [-0.3, -0.25) is 14.9 Å². The topological polar surface area (TPSA) is 88.4 Å². The molecular weight excluding hydrogens is 340 g/mol. The maximum atomic E-state index is 11.1. The number of nitrogens with one attached hydrogen (secondary N) is 1. The Morgan fingerprint density at radius 1 is 1.57 bits per heavy atom. The van der Waals surface area contributed by atoms with Crippen LogP contribution in [-0.2, 0) is 4.79 Å². The van der Waals surface area contributed by atoms with Crippen molar-refractivity contribution in [1.82, 2.24) is 10.3 Å². The molecule has 1 amide bonds. The van der Waals surface area contributed by atoms with Gasteiger partial charge < -0.3 is 10.2 Å². The van der Waals surface area contributed by atoms with Crippen molar-refractivity contribution in [3.63, 3.8) is 0 Å². The SMILES string of the molecule is CC(=O)NCC1CCN(c2ncc(Br)cc2[N+](=O)[O-])CC1. The second kappa shape index (κ2) is 6.84. The Bertz CT molecular complexity index is 544. The number of nitro groups is 1. The number of pyridine rings is 1. The highest BCUT2D eigenvalue weighted by Gasteiger charge is 2.26. The molecular formula is C13H17BrN4O3. The van der Waals surface area contributed by atoms with E-state index in [0.29, 0.717) is 35.8 Å². The molecule has 1 aromatic rings. The summed E-state index contributed by atoms with van der Waals surface area (Å²) >= 11 is 3.21. The molecule has 8 heteroatoms. The molecule has 0 aliphatic carbocycles. The molecule has 21 heavy (non-hydrogen) atoms. The molecule has 0 spiro atoms. The highest BCUT2D eigenvalue weighted by atomic mass is 79.9. The fraction of sp³-hybridized carbons (Fsp3) is 0.538. The molecule has 2 heterocycles. The van der Waals surface area contributed by atoms with Gasteiger partial charge in [0, 0.05) is 43.3 Å². The Morgan fingerprint density at radius 2 is 2.24 bits per heavy atom. The van der Waals surface area contributed by atoms with Crippen LogP contribution in [0.2, 0.25) is 0 Å². The Labute approximate surface area is 131 Å². The lowest BCUT2D eigenvalue weighted by Gasteiger charge is -2.32. The third kappa shape index (κ3) is 4.13. The predicted molar refractivity (Wildman–Crippen MR) is 82.2 cm³/mol. The lowest BCUT2D eigenvalue weighted by molar-refractivity contribution is -0.384. The molecule has 1 aliphatic rings. The van der Waals surface area contributed by atoms with E-state index in [1.165, 1.54) is 13.0 Å². The Balaban J connectivity index is 2.02. The van der Waals surface area contributed by atoms with Gasteiger partial charge >= 0.3 is 5.69 Å². The van der Waals surface area contributed by atoms with Gasteiger partial charge in [0.1, 0.15) is 0 Å². The van der Waals surface area contributed by atoms with Crippen molar-refractivity contribution in [2.75, 3.05) is 24.5 Å². The number of carbonyl (C=O) groups is 1. The van der Waals surface area contributed by atoms with Crippen LogP contribution in [-0.4, -0.2) is 35.4 Å². The number of carbonyl (C=O) groups excluding carboxylic acids is 1. The number of hydrogen-bond donors (Lipinski definition) is 1. The van der Waals surface area contributed by atoms with Crippen molar-refractivity contribution in [3.8, 4) is 0 Å². The fourth-order valence-corrected chi connectivity index (χ4v) is 2.76. The van der Waals surface area contributed by atoms with Crippen LogP contribution in [0.15, 0.2) is 16.7 Å². The third-order valence-electron chi connectivity index (χ3n) is 3.56. The summed E-state index contributed by atoms with van der Waals surface area (Å²) in [7, 11) is 0. The summed E-state index contributed by atoms with van der Waals surface area (Å²) in [6.45, 7) is 3.59. The molecule has 7 nitrogen and oxygen atoms in total. The van der Waals surface area contributed by atoms with Crippen molar-refractivity contribution in [2.45, 2.75) is 19.8 Å². The third-order valence-corrected chi connectivity index (χ3v) is 4.00. The fourth-order valence-electron chi connectivity index (χ4n) is 2.44. The number of anilines is 1. The molecule has 1 fully saturated rings.